The van der Waals surface area contributed by atoms with Crippen molar-refractivity contribution in [2.75, 3.05) is 31.1 Å². The highest BCUT2D eigenvalue weighted by Gasteiger charge is 2.47. The van der Waals surface area contributed by atoms with Crippen molar-refractivity contribution in [2.24, 2.45) is 0 Å². The lowest BCUT2D eigenvalue weighted by atomic mass is 10.0. The van der Waals surface area contributed by atoms with E-state index >= 15 is 0 Å². The maximum atomic E-state index is 13.8. The molecule has 2 saturated heterocycles. The van der Waals surface area contributed by atoms with Gasteiger partial charge in [-0.15, -0.1) is 0 Å². The third-order valence-electron chi connectivity index (χ3n) is 5.58. The van der Waals surface area contributed by atoms with Crippen molar-refractivity contribution >= 4 is 6.01 Å². The second-order valence-corrected chi connectivity index (χ2v) is 7.57. The van der Waals surface area contributed by atoms with Gasteiger partial charge < -0.3 is 14.5 Å². The summed E-state index contributed by atoms with van der Waals surface area (Å²) in [5.41, 5.74) is 1.05. The Morgan fingerprint density at radius 1 is 1.29 bits per heavy atom. The first-order valence-electron chi connectivity index (χ1n) is 9.60. The minimum atomic E-state index is -2.70. The van der Waals surface area contributed by atoms with E-state index in [-0.39, 0.29) is 25.6 Å². The minimum Gasteiger partial charge on any atom is -0.395 e. The summed E-state index contributed by atoms with van der Waals surface area (Å²) < 4.78 is 32.7. The highest BCUT2D eigenvalue weighted by Crippen LogP contribution is 2.35. The fraction of sp³-hybridized carbons (Fsp3) is 0.579. The fourth-order valence-corrected chi connectivity index (χ4v) is 4.20. The van der Waals surface area contributed by atoms with E-state index in [9.17, 15) is 13.9 Å². The van der Waals surface area contributed by atoms with E-state index in [2.05, 4.69) is 15.0 Å². The highest BCUT2D eigenvalue weighted by molar-refractivity contribution is 5.42. The highest BCUT2D eigenvalue weighted by atomic mass is 19.3. The van der Waals surface area contributed by atoms with Crippen LogP contribution in [0, 0.1) is 6.92 Å². The van der Waals surface area contributed by atoms with Gasteiger partial charge in [0, 0.05) is 49.7 Å². The van der Waals surface area contributed by atoms with Gasteiger partial charge in [0.25, 0.3) is 5.92 Å². The molecule has 3 aliphatic rings. The zero-order chi connectivity index (χ0) is 19.7. The molecular formula is C19H25F2N5O2. The van der Waals surface area contributed by atoms with Crippen LogP contribution in [0.3, 0.4) is 0 Å². The van der Waals surface area contributed by atoms with Crippen LogP contribution in [0.1, 0.15) is 25.1 Å². The average Bonchev–Trinajstić information content (AvgIpc) is 3.15. The van der Waals surface area contributed by atoms with Crippen molar-refractivity contribution in [3.05, 3.63) is 42.1 Å². The van der Waals surface area contributed by atoms with Gasteiger partial charge in [0.2, 0.25) is 0 Å². The van der Waals surface area contributed by atoms with E-state index in [1.54, 1.807) is 11.8 Å². The Hall–Kier alpha value is -2.26. The number of alkyl halides is 2. The number of piperidine rings is 1. The normalized spacial score (nSPS) is 26.0. The van der Waals surface area contributed by atoms with Crippen molar-refractivity contribution in [3.8, 4) is 0 Å². The van der Waals surface area contributed by atoms with Crippen LogP contribution in [0.2, 0.25) is 0 Å². The zero-order valence-corrected chi connectivity index (χ0v) is 15.8. The van der Waals surface area contributed by atoms with Crippen LogP contribution in [0.4, 0.5) is 14.8 Å². The van der Waals surface area contributed by atoms with E-state index in [1.807, 2.05) is 35.5 Å². The molecule has 2 fully saturated rings. The van der Waals surface area contributed by atoms with E-state index in [0.717, 1.165) is 31.6 Å². The average molecular weight is 393 g/mol. The summed E-state index contributed by atoms with van der Waals surface area (Å²) >= 11 is 0. The lowest BCUT2D eigenvalue weighted by Gasteiger charge is -2.40. The Morgan fingerprint density at radius 3 is 2.75 bits per heavy atom. The first kappa shape index (κ1) is 19.1. The largest absolute Gasteiger partial charge is 0.395 e. The van der Waals surface area contributed by atoms with Crippen LogP contribution in [0.5, 0.6) is 0 Å². The Labute approximate surface area is 162 Å². The van der Waals surface area contributed by atoms with Crippen molar-refractivity contribution in [2.45, 2.75) is 44.2 Å². The zero-order valence-electron chi connectivity index (χ0n) is 15.8. The summed E-state index contributed by atoms with van der Waals surface area (Å²) in [5.74, 6) is -2.12. The molecule has 0 bridgehead atoms. The van der Waals surface area contributed by atoms with E-state index in [0.29, 0.717) is 11.8 Å². The molecule has 0 aromatic carbocycles. The van der Waals surface area contributed by atoms with Gasteiger partial charge in [-0.25, -0.2) is 8.78 Å². The smallest absolute Gasteiger partial charge is 0.332 e. The molecule has 0 radical (unpaired) electrons. The van der Waals surface area contributed by atoms with E-state index < -0.39 is 12.0 Å². The molecule has 0 aliphatic carbocycles. The molecule has 1 atom stereocenters. The SMILES string of the molecule is Cc1noc(N2C=CC=C(N3CCC(N4CC(F)(F)C[C@@H]4CO)CC3)C=C2)n1. The Morgan fingerprint density at radius 2 is 2.07 bits per heavy atom. The van der Waals surface area contributed by atoms with Crippen molar-refractivity contribution < 1.29 is 18.4 Å². The number of aliphatic hydroxyl groups is 1. The van der Waals surface area contributed by atoms with Gasteiger partial charge in [-0.05, 0) is 38.0 Å². The number of aromatic nitrogens is 2. The third-order valence-corrected chi connectivity index (χ3v) is 5.58. The van der Waals surface area contributed by atoms with Gasteiger partial charge in [-0.3, -0.25) is 9.80 Å². The molecule has 9 heteroatoms. The van der Waals surface area contributed by atoms with Crippen molar-refractivity contribution in [1.29, 1.82) is 0 Å². The monoisotopic (exact) mass is 393 g/mol. The van der Waals surface area contributed by atoms with Crippen LogP contribution in [-0.4, -0.2) is 69.3 Å². The molecule has 0 saturated carbocycles. The molecule has 1 N–H and O–H groups in total. The van der Waals surface area contributed by atoms with Crippen LogP contribution in [0.15, 0.2) is 40.8 Å². The number of aliphatic hydroxyl groups excluding tert-OH is 1. The molecule has 7 nitrogen and oxygen atoms in total. The summed E-state index contributed by atoms with van der Waals surface area (Å²) in [6.45, 7) is 2.89. The number of nitrogens with zero attached hydrogens (tertiary/aromatic N) is 5. The second kappa shape index (κ2) is 7.63. The predicted molar refractivity (Wildman–Crippen MR) is 99.6 cm³/mol. The summed E-state index contributed by atoms with van der Waals surface area (Å²) in [5, 5.41) is 13.3. The number of hydrogen-bond donors (Lipinski definition) is 1. The lowest BCUT2D eigenvalue weighted by molar-refractivity contribution is 0.00389. The molecule has 3 aliphatic heterocycles. The van der Waals surface area contributed by atoms with Gasteiger partial charge in [-0.2, -0.15) is 4.98 Å². The summed E-state index contributed by atoms with van der Waals surface area (Å²) in [4.78, 5) is 10.0. The number of anilines is 1. The lowest BCUT2D eigenvalue weighted by Crippen LogP contribution is -2.47. The number of aryl methyl sites for hydroxylation is 1. The van der Waals surface area contributed by atoms with Gasteiger partial charge in [0.1, 0.15) is 0 Å². The molecule has 1 aromatic heterocycles. The predicted octanol–water partition coefficient (Wildman–Crippen LogP) is 2.28. The van der Waals surface area contributed by atoms with Gasteiger partial charge in [-0.1, -0.05) is 5.16 Å². The van der Waals surface area contributed by atoms with Gasteiger partial charge >= 0.3 is 6.01 Å². The first-order valence-corrected chi connectivity index (χ1v) is 9.60. The molecule has 0 unspecified atom stereocenters. The number of likely N-dealkylation sites (tertiary alicyclic amines) is 2. The second-order valence-electron chi connectivity index (χ2n) is 7.57. The number of halogens is 2. The fourth-order valence-electron chi connectivity index (χ4n) is 4.20. The molecule has 0 spiro atoms. The first-order chi connectivity index (χ1) is 13.4. The third kappa shape index (κ3) is 3.95. The maximum Gasteiger partial charge on any atom is 0.332 e. The molecular weight excluding hydrogens is 368 g/mol. The minimum absolute atomic E-state index is 0.0885. The van der Waals surface area contributed by atoms with Crippen LogP contribution < -0.4 is 4.90 Å². The Balaban J connectivity index is 1.36. The van der Waals surface area contributed by atoms with Crippen LogP contribution in [0.25, 0.3) is 0 Å². The summed E-state index contributed by atoms with van der Waals surface area (Å²) in [7, 11) is 0. The van der Waals surface area contributed by atoms with Crippen molar-refractivity contribution in [3.63, 3.8) is 0 Å². The van der Waals surface area contributed by atoms with E-state index in [4.69, 9.17) is 4.52 Å². The number of allylic oxidation sites excluding steroid dienone is 3. The number of rotatable bonds is 4. The Kier molecular flexibility index (Phi) is 5.20. The molecule has 1 aromatic rings. The topological polar surface area (TPSA) is 68.9 Å². The quantitative estimate of drug-likeness (QED) is 0.842. The summed E-state index contributed by atoms with van der Waals surface area (Å²) in [6, 6.07) is 0.0619. The standard InChI is InChI=1S/C19H25F2N5O2/c1-14-22-18(28-23-14)25-7-2-3-15(4-10-25)24-8-5-16(6-9-24)26-13-19(20,21)11-17(26)12-27/h2-4,7,10,16-17,27H,5-6,8-9,11-13H2,1H3/t17-/m1/s1. The van der Waals surface area contributed by atoms with Gasteiger partial charge in [0.05, 0.1) is 13.2 Å². The molecule has 28 heavy (non-hydrogen) atoms. The Bertz CT molecular complexity index is 783. The molecule has 4 heterocycles. The summed E-state index contributed by atoms with van der Waals surface area (Å²) in [6.07, 6.45) is 11.0. The molecule has 0 amide bonds. The van der Waals surface area contributed by atoms with Crippen LogP contribution >= 0.6 is 0 Å². The maximum absolute atomic E-state index is 13.8. The van der Waals surface area contributed by atoms with Gasteiger partial charge in [0.15, 0.2) is 5.82 Å². The van der Waals surface area contributed by atoms with Crippen LogP contribution in [-0.2, 0) is 0 Å². The van der Waals surface area contributed by atoms with Crippen molar-refractivity contribution in [1.82, 2.24) is 19.9 Å². The molecule has 4 rings (SSSR count). The van der Waals surface area contributed by atoms with E-state index in [1.165, 1.54) is 0 Å². The molecule has 152 valence electrons. The number of hydrogen-bond acceptors (Lipinski definition) is 7.